The Labute approximate surface area is 202 Å². The predicted molar refractivity (Wildman–Crippen MR) is 133 cm³/mol. The highest BCUT2D eigenvalue weighted by atomic mass is 127. The van der Waals surface area contributed by atoms with E-state index in [-0.39, 0.29) is 41.7 Å². The maximum absolute atomic E-state index is 13.4. The van der Waals surface area contributed by atoms with Gasteiger partial charge in [0, 0.05) is 32.7 Å². The van der Waals surface area contributed by atoms with Crippen LogP contribution < -0.4 is 16.0 Å². The molecule has 1 atom stereocenters. The molecule has 3 N–H and O–H groups in total. The van der Waals surface area contributed by atoms with Crippen LogP contribution in [0, 0.1) is 11.2 Å². The van der Waals surface area contributed by atoms with Crippen LogP contribution >= 0.6 is 24.0 Å². The number of hydrogen-bond donors (Lipinski definition) is 3. The molecule has 1 aliphatic rings. The van der Waals surface area contributed by atoms with Crippen molar-refractivity contribution in [3.63, 3.8) is 0 Å². The number of nitrogens with zero attached hydrogens (tertiary/aromatic N) is 2. The molecule has 1 aromatic rings. The second-order valence-corrected chi connectivity index (χ2v) is 8.04. The molecule has 0 saturated carbocycles. The molecule has 7 nitrogen and oxygen atoms in total. The van der Waals surface area contributed by atoms with Crippen molar-refractivity contribution < 1.29 is 13.9 Å². The Hall–Kier alpha value is -1.46. The van der Waals surface area contributed by atoms with Gasteiger partial charge in [-0.25, -0.2) is 4.39 Å². The number of benzene rings is 1. The molecule has 9 heteroatoms. The lowest BCUT2D eigenvalue weighted by Gasteiger charge is -2.35. The number of carbonyl (C=O) groups is 1. The summed E-state index contributed by atoms with van der Waals surface area (Å²) >= 11 is 0. The van der Waals surface area contributed by atoms with Gasteiger partial charge < -0.3 is 20.7 Å². The molecule has 1 amide bonds. The first kappa shape index (κ1) is 27.6. The molecule has 1 unspecified atom stereocenters. The molecule has 2 rings (SSSR count). The Bertz CT molecular complexity index is 694. The smallest absolute Gasteiger partial charge is 0.227 e. The number of ether oxygens (including phenoxy) is 1. The van der Waals surface area contributed by atoms with Gasteiger partial charge in [-0.05, 0) is 45.4 Å². The van der Waals surface area contributed by atoms with Gasteiger partial charge in [0.15, 0.2) is 5.96 Å². The van der Waals surface area contributed by atoms with Crippen LogP contribution in [0.25, 0.3) is 0 Å². The quantitative estimate of drug-likeness (QED) is 0.251. The Balaban J connectivity index is 0.00000480. The number of aliphatic imine (C=N–C) groups is 1. The Morgan fingerprint density at radius 1 is 1.13 bits per heavy atom. The largest absolute Gasteiger partial charge is 0.379 e. The van der Waals surface area contributed by atoms with E-state index in [1.807, 2.05) is 39.8 Å². The molecule has 0 aromatic heterocycles. The highest BCUT2D eigenvalue weighted by molar-refractivity contribution is 14.0. The van der Waals surface area contributed by atoms with Gasteiger partial charge in [0.25, 0.3) is 0 Å². The van der Waals surface area contributed by atoms with Crippen molar-refractivity contribution in [2.45, 2.75) is 33.7 Å². The number of hydrogen-bond acceptors (Lipinski definition) is 4. The number of guanidine groups is 1. The van der Waals surface area contributed by atoms with Gasteiger partial charge in [0.1, 0.15) is 5.82 Å². The Kier molecular flexibility index (Phi) is 12.3. The molecule has 1 fully saturated rings. The molecule has 1 heterocycles. The Morgan fingerprint density at radius 2 is 1.74 bits per heavy atom. The van der Waals surface area contributed by atoms with E-state index in [9.17, 15) is 9.18 Å². The molecule has 1 saturated heterocycles. The van der Waals surface area contributed by atoms with Crippen molar-refractivity contribution >= 4 is 35.8 Å². The van der Waals surface area contributed by atoms with E-state index in [0.717, 1.165) is 18.7 Å². The third kappa shape index (κ3) is 8.89. The molecular weight excluding hydrogens is 512 g/mol. The molecule has 0 bridgehead atoms. The van der Waals surface area contributed by atoms with Crippen LogP contribution in [0.15, 0.2) is 29.3 Å². The van der Waals surface area contributed by atoms with Crippen molar-refractivity contribution in [1.29, 1.82) is 0 Å². The Morgan fingerprint density at radius 3 is 2.32 bits per heavy atom. The van der Waals surface area contributed by atoms with Gasteiger partial charge in [0.05, 0.1) is 31.2 Å². The monoisotopic (exact) mass is 549 g/mol. The number of amides is 1. The van der Waals surface area contributed by atoms with E-state index in [1.165, 1.54) is 12.1 Å². The zero-order valence-electron chi connectivity index (χ0n) is 19.0. The van der Waals surface area contributed by atoms with Crippen LogP contribution in [0.1, 0.15) is 39.3 Å². The van der Waals surface area contributed by atoms with Crippen molar-refractivity contribution in [3.05, 3.63) is 35.6 Å². The minimum Gasteiger partial charge on any atom is -0.379 e. The fraction of sp³-hybridized carbons (Fsp3) is 0.636. The van der Waals surface area contributed by atoms with E-state index < -0.39 is 5.41 Å². The normalized spacial score (nSPS) is 16.2. The molecule has 176 valence electrons. The second kappa shape index (κ2) is 13.8. The summed E-state index contributed by atoms with van der Waals surface area (Å²) in [4.78, 5) is 19.2. The molecular formula is C22H37FIN5O2. The maximum Gasteiger partial charge on any atom is 0.227 e. The lowest BCUT2D eigenvalue weighted by Crippen LogP contribution is -2.47. The van der Waals surface area contributed by atoms with Gasteiger partial charge in [-0.1, -0.05) is 12.1 Å². The van der Waals surface area contributed by atoms with Crippen LogP contribution in [0.5, 0.6) is 0 Å². The van der Waals surface area contributed by atoms with Gasteiger partial charge in [-0.2, -0.15) is 0 Å². The molecule has 1 aromatic carbocycles. The first-order valence-electron chi connectivity index (χ1n) is 10.7. The van der Waals surface area contributed by atoms with E-state index >= 15 is 0 Å². The summed E-state index contributed by atoms with van der Waals surface area (Å²) < 4.78 is 18.9. The van der Waals surface area contributed by atoms with Crippen LogP contribution in [0.4, 0.5) is 4.39 Å². The topological polar surface area (TPSA) is 78.0 Å². The average molecular weight is 549 g/mol. The minimum absolute atomic E-state index is 0. The van der Waals surface area contributed by atoms with Crippen LogP contribution in [-0.2, 0) is 9.53 Å². The maximum atomic E-state index is 13.4. The molecule has 31 heavy (non-hydrogen) atoms. The van der Waals surface area contributed by atoms with Gasteiger partial charge in [-0.15, -0.1) is 24.0 Å². The van der Waals surface area contributed by atoms with Crippen molar-refractivity contribution in [3.8, 4) is 0 Å². The van der Waals surface area contributed by atoms with Crippen molar-refractivity contribution in [2.24, 2.45) is 10.4 Å². The molecule has 0 aliphatic carbocycles. The summed E-state index contributed by atoms with van der Waals surface area (Å²) in [7, 11) is 0. The van der Waals surface area contributed by atoms with Crippen molar-refractivity contribution in [1.82, 2.24) is 20.9 Å². The summed E-state index contributed by atoms with van der Waals surface area (Å²) in [6.07, 6.45) is 0. The molecule has 1 aliphatic heterocycles. The number of halogens is 2. The highest BCUT2D eigenvalue weighted by Crippen LogP contribution is 2.22. The standard InChI is InChI=1S/C22H36FN5O2.HI/c1-5-24-20(29)22(3,4)16-27-21(25-6-2)26-15-19(28-11-13-30-14-12-28)17-7-9-18(23)10-8-17;/h7-10,19H,5-6,11-16H2,1-4H3,(H,24,29)(H2,25,26,27);1H. The second-order valence-electron chi connectivity index (χ2n) is 8.04. The average Bonchev–Trinajstić information content (AvgIpc) is 2.74. The molecule has 0 spiro atoms. The van der Waals surface area contributed by atoms with Crippen molar-refractivity contribution in [2.75, 3.05) is 52.5 Å². The fourth-order valence-corrected chi connectivity index (χ4v) is 3.32. The van der Waals surface area contributed by atoms with Gasteiger partial charge >= 0.3 is 0 Å². The number of carbonyl (C=O) groups excluding carboxylic acids is 1. The fourth-order valence-electron chi connectivity index (χ4n) is 3.32. The third-order valence-electron chi connectivity index (χ3n) is 5.13. The van der Waals surface area contributed by atoms with Crippen LogP contribution in [0.2, 0.25) is 0 Å². The van der Waals surface area contributed by atoms with Gasteiger partial charge in [0.2, 0.25) is 5.91 Å². The number of rotatable bonds is 9. The van der Waals surface area contributed by atoms with E-state index in [2.05, 4.69) is 25.8 Å². The van der Waals surface area contributed by atoms with E-state index in [4.69, 9.17) is 4.74 Å². The van der Waals surface area contributed by atoms with E-state index in [0.29, 0.717) is 45.4 Å². The van der Waals surface area contributed by atoms with Crippen LogP contribution in [-0.4, -0.2) is 69.2 Å². The lowest BCUT2D eigenvalue weighted by molar-refractivity contribution is -0.128. The summed E-state index contributed by atoms with van der Waals surface area (Å²) in [5.41, 5.74) is 0.447. The third-order valence-corrected chi connectivity index (χ3v) is 5.13. The number of morpholine rings is 1. The SMILES string of the molecule is CCNC(=O)C(C)(C)CN=C(NCC)NCC(c1ccc(F)cc1)N1CCOCC1.I. The van der Waals surface area contributed by atoms with E-state index in [1.54, 1.807) is 0 Å². The van der Waals surface area contributed by atoms with Gasteiger partial charge in [-0.3, -0.25) is 14.7 Å². The van der Waals surface area contributed by atoms with Crippen LogP contribution in [0.3, 0.4) is 0 Å². The summed E-state index contributed by atoms with van der Waals surface area (Å²) in [5, 5.41) is 9.52. The summed E-state index contributed by atoms with van der Waals surface area (Å²) in [6, 6.07) is 6.72. The summed E-state index contributed by atoms with van der Waals surface area (Å²) in [6.45, 7) is 13.0. The summed E-state index contributed by atoms with van der Waals surface area (Å²) in [5.74, 6) is 0.410. The highest BCUT2D eigenvalue weighted by Gasteiger charge is 2.27. The minimum atomic E-state index is -0.598. The number of nitrogens with one attached hydrogen (secondary N) is 3. The zero-order valence-corrected chi connectivity index (χ0v) is 21.4. The first-order chi connectivity index (χ1) is 14.4. The lowest BCUT2D eigenvalue weighted by atomic mass is 9.92. The molecule has 0 radical (unpaired) electrons. The predicted octanol–water partition coefficient (Wildman–Crippen LogP) is 2.53. The zero-order chi connectivity index (χ0) is 22.0. The first-order valence-corrected chi connectivity index (χ1v) is 10.7.